The lowest BCUT2D eigenvalue weighted by Crippen LogP contribution is -2.40. The van der Waals surface area contributed by atoms with E-state index in [9.17, 15) is 4.79 Å². The Kier molecular flexibility index (Phi) is 15.4. The molecule has 2 aliphatic carbocycles. The second-order valence-corrected chi connectivity index (χ2v) is 8.10. The van der Waals surface area contributed by atoms with Gasteiger partial charge in [-0.3, -0.25) is 4.79 Å². The average Bonchev–Trinajstić information content (AvgIpc) is 2.80. The van der Waals surface area contributed by atoms with Crippen LogP contribution in [0.1, 0.15) is 69.8 Å². The van der Waals surface area contributed by atoms with Gasteiger partial charge in [-0.05, 0) is 38.3 Å². The van der Waals surface area contributed by atoms with Crippen LogP contribution in [0.4, 0.5) is 0 Å². The van der Waals surface area contributed by atoms with E-state index in [1.54, 1.807) is 7.05 Å². The zero-order chi connectivity index (χ0) is 22.7. The van der Waals surface area contributed by atoms with E-state index in [1.165, 1.54) is 69.5 Å². The standard InChI is InChI=1S/C12H23N.C11H15NO3.HNO2/c1-3-7-11(8-4-1)13-12-9-5-2-6-10-12;1-12-10(11(13)14)8-15-7-9-5-3-2-4-6-9;2-1-3/h11-13H,1-10H2;2-6,10,12H,7-8H2,1H3,(H,13,14);(H,2,3). The number of nitrogens with zero attached hydrogens (tertiary/aromatic N) is 1. The highest BCUT2D eigenvalue weighted by molar-refractivity contribution is 5.73. The summed E-state index contributed by atoms with van der Waals surface area (Å²) < 4.78 is 5.29. The SMILES string of the molecule is C1CCC(NC2CCCCC2)CC1.CNC(COCc1ccccc1)C(=O)O.O=NO. The lowest BCUT2D eigenvalue weighted by molar-refractivity contribution is -0.141. The highest BCUT2D eigenvalue weighted by Crippen LogP contribution is 2.22. The molecule has 0 radical (unpaired) electrons. The van der Waals surface area contributed by atoms with Gasteiger partial charge in [-0.25, -0.2) is 0 Å². The molecule has 1 aromatic carbocycles. The van der Waals surface area contributed by atoms with Crippen molar-refractivity contribution in [2.24, 2.45) is 5.34 Å². The molecule has 4 N–H and O–H groups in total. The Hall–Kier alpha value is -2.03. The first-order valence-electron chi connectivity index (χ1n) is 11.3. The molecule has 1 atom stereocenters. The molecule has 2 saturated carbocycles. The predicted molar refractivity (Wildman–Crippen MR) is 121 cm³/mol. The van der Waals surface area contributed by atoms with Gasteiger partial charge in [0.1, 0.15) is 6.04 Å². The summed E-state index contributed by atoms with van der Waals surface area (Å²) in [5.41, 5.74) is 1.04. The molecule has 1 unspecified atom stereocenters. The van der Waals surface area contributed by atoms with Gasteiger partial charge in [0.2, 0.25) is 0 Å². The number of carboxylic acid groups (broad SMARTS) is 1. The first kappa shape index (κ1) is 27.0. The van der Waals surface area contributed by atoms with Crippen LogP contribution in [0.5, 0.6) is 0 Å². The van der Waals surface area contributed by atoms with Gasteiger partial charge in [-0.15, -0.1) is 4.91 Å². The molecule has 0 saturated heterocycles. The molecule has 0 aliphatic heterocycles. The van der Waals surface area contributed by atoms with Gasteiger partial charge in [-0.1, -0.05) is 68.9 Å². The monoisotopic (exact) mass is 437 g/mol. The van der Waals surface area contributed by atoms with Crippen molar-refractivity contribution < 1.29 is 19.8 Å². The van der Waals surface area contributed by atoms with Gasteiger partial charge in [0.05, 0.1) is 13.2 Å². The minimum atomic E-state index is -0.898. The summed E-state index contributed by atoms with van der Waals surface area (Å²) >= 11 is 0. The maximum absolute atomic E-state index is 10.6. The van der Waals surface area contributed by atoms with E-state index in [1.807, 2.05) is 30.3 Å². The number of ether oxygens (including phenoxy) is 1. The van der Waals surface area contributed by atoms with E-state index in [-0.39, 0.29) is 6.61 Å². The number of rotatable bonds is 8. The van der Waals surface area contributed by atoms with Crippen LogP contribution in [0.15, 0.2) is 35.7 Å². The Bertz CT molecular complexity index is 560. The van der Waals surface area contributed by atoms with Crippen molar-refractivity contribution in [1.82, 2.24) is 10.6 Å². The largest absolute Gasteiger partial charge is 0.480 e. The van der Waals surface area contributed by atoms with E-state index in [4.69, 9.17) is 20.0 Å². The average molecular weight is 438 g/mol. The molecule has 8 heteroatoms. The number of nitrogens with one attached hydrogen (secondary N) is 2. The normalized spacial score (nSPS) is 18.0. The maximum atomic E-state index is 10.6. The third-order valence-electron chi connectivity index (χ3n) is 5.72. The van der Waals surface area contributed by atoms with Crippen molar-refractivity contribution in [3.63, 3.8) is 0 Å². The van der Waals surface area contributed by atoms with Gasteiger partial charge in [-0.2, -0.15) is 0 Å². The van der Waals surface area contributed by atoms with Gasteiger partial charge in [0, 0.05) is 12.1 Å². The van der Waals surface area contributed by atoms with Gasteiger partial charge in [0.25, 0.3) is 0 Å². The summed E-state index contributed by atoms with van der Waals surface area (Å²) in [6.07, 6.45) is 14.6. The van der Waals surface area contributed by atoms with Gasteiger partial charge in [0.15, 0.2) is 5.34 Å². The number of likely N-dealkylation sites (N-methyl/N-ethyl adjacent to an activating group) is 1. The predicted octanol–water partition coefficient (Wildman–Crippen LogP) is 4.26. The number of hydrogen-bond donors (Lipinski definition) is 4. The maximum Gasteiger partial charge on any atom is 0.323 e. The van der Waals surface area contributed by atoms with Crippen molar-refractivity contribution in [2.75, 3.05) is 13.7 Å². The Morgan fingerprint density at radius 1 is 1.03 bits per heavy atom. The molecule has 8 nitrogen and oxygen atoms in total. The summed E-state index contributed by atoms with van der Waals surface area (Å²) in [6.45, 7) is 0.604. The third-order valence-corrected chi connectivity index (χ3v) is 5.72. The van der Waals surface area contributed by atoms with Crippen molar-refractivity contribution in [1.29, 1.82) is 0 Å². The third kappa shape index (κ3) is 13.1. The molecule has 2 aliphatic rings. The summed E-state index contributed by atoms with van der Waals surface area (Å²) in [4.78, 5) is 18.7. The fraction of sp³-hybridized carbons (Fsp3) is 0.696. The second kappa shape index (κ2) is 17.6. The lowest BCUT2D eigenvalue weighted by atomic mass is 9.91. The van der Waals surface area contributed by atoms with Crippen LogP contribution in [0.2, 0.25) is 0 Å². The molecule has 2 fully saturated rings. The zero-order valence-corrected chi connectivity index (χ0v) is 18.7. The fourth-order valence-electron chi connectivity index (χ4n) is 4.02. The van der Waals surface area contributed by atoms with Crippen LogP contribution in [0, 0.1) is 4.91 Å². The Morgan fingerprint density at radius 3 is 1.94 bits per heavy atom. The van der Waals surface area contributed by atoms with Crippen LogP contribution in [-0.4, -0.2) is 48.1 Å². The Balaban J connectivity index is 0.000000277. The molecule has 3 rings (SSSR count). The number of benzene rings is 1. The van der Waals surface area contributed by atoms with Crippen LogP contribution in [-0.2, 0) is 16.1 Å². The summed E-state index contributed by atoms with van der Waals surface area (Å²) in [5.74, 6) is -0.898. The first-order valence-corrected chi connectivity index (χ1v) is 11.3. The minimum absolute atomic E-state index is 0.167. The number of carbonyl (C=O) groups is 1. The number of carboxylic acids is 1. The first-order chi connectivity index (χ1) is 15.1. The van der Waals surface area contributed by atoms with Crippen molar-refractivity contribution in [3.8, 4) is 0 Å². The minimum Gasteiger partial charge on any atom is -0.480 e. The molecule has 176 valence electrons. The van der Waals surface area contributed by atoms with Gasteiger partial charge < -0.3 is 25.7 Å². The molecule has 0 amide bonds. The van der Waals surface area contributed by atoms with Crippen LogP contribution in [0.3, 0.4) is 0 Å². The summed E-state index contributed by atoms with van der Waals surface area (Å²) in [6, 6.07) is 10.8. The lowest BCUT2D eigenvalue weighted by Gasteiger charge is -2.30. The zero-order valence-electron chi connectivity index (χ0n) is 18.7. The van der Waals surface area contributed by atoms with Crippen molar-refractivity contribution in [3.05, 3.63) is 40.8 Å². The number of hydrogen-bond acceptors (Lipinski definition) is 6. The van der Waals surface area contributed by atoms with Gasteiger partial charge >= 0.3 is 5.97 Å². The Labute approximate surface area is 185 Å². The van der Waals surface area contributed by atoms with E-state index in [2.05, 4.69) is 10.6 Å². The van der Waals surface area contributed by atoms with E-state index in [0.717, 1.165) is 17.6 Å². The molecule has 0 bridgehead atoms. The molecule has 31 heavy (non-hydrogen) atoms. The molecule has 0 aromatic heterocycles. The van der Waals surface area contributed by atoms with Crippen molar-refractivity contribution in [2.45, 2.75) is 88.9 Å². The summed E-state index contributed by atoms with van der Waals surface area (Å²) in [7, 11) is 1.60. The highest BCUT2D eigenvalue weighted by Gasteiger charge is 2.19. The number of aliphatic carboxylic acids is 1. The Morgan fingerprint density at radius 2 is 1.52 bits per heavy atom. The molecular weight excluding hydrogens is 398 g/mol. The van der Waals surface area contributed by atoms with E-state index < -0.39 is 12.0 Å². The fourth-order valence-corrected chi connectivity index (χ4v) is 4.02. The van der Waals surface area contributed by atoms with Crippen LogP contribution in [0.25, 0.3) is 0 Å². The summed E-state index contributed by atoms with van der Waals surface area (Å²) in [5, 5.41) is 23.1. The molecular formula is C23H39N3O5. The highest BCUT2D eigenvalue weighted by atomic mass is 16.6. The molecule has 0 spiro atoms. The van der Waals surface area contributed by atoms with Crippen molar-refractivity contribution >= 4 is 5.97 Å². The van der Waals surface area contributed by atoms with E-state index in [0.29, 0.717) is 6.61 Å². The second-order valence-electron chi connectivity index (χ2n) is 8.10. The smallest absolute Gasteiger partial charge is 0.323 e. The molecule has 0 heterocycles. The van der Waals surface area contributed by atoms with Crippen LogP contribution < -0.4 is 10.6 Å². The quantitative estimate of drug-likeness (QED) is 0.354. The van der Waals surface area contributed by atoms with E-state index >= 15 is 0 Å². The molecule has 1 aromatic rings. The van der Waals surface area contributed by atoms with Crippen LogP contribution >= 0.6 is 0 Å². The topological polar surface area (TPSA) is 120 Å².